The minimum absolute atomic E-state index is 0.284. The number of halogens is 1. The van der Waals surface area contributed by atoms with Crippen molar-refractivity contribution in [3.63, 3.8) is 0 Å². The lowest BCUT2D eigenvalue weighted by atomic mass is 10.1. The molecule has 1 aromatic heterocycles. The number of aromatic nitrogens is 2. The van der Waals surface area contributed by atoms with Crippen LogP contribution in [-0.4, -0.2) is 32.9 Å². The Hall–Kier alpha value is -3.49. The monoisotopic (exact) mass is 468 g/mol. The fourth-order valence-corrected chi connectivity index (χ4v) is 3.21. The minimum atomic E-state index is -0.674. The predicted octanol–water partition coefficient (Wildman–Crippen LogP) is 3.80. The van der Waals surface area contributed by atoms with Crippen LogP contribution in [0.15, 0.2) is 61.2 Å². The van der Waals surface area contributed by atoms with Crippen molar-refractivity contribution in [1.29, 1.82) is 0 Å². The van der Waals surface area contributed by atoms with E-state index in [1.807, 2.05) is 19.1 Å². The molecule has 9 heteroatoms. The van der Waals surface area contributed by atoms with Gasteiger partial charge in [-0.25, -0.2) is 9.97 Å². The van der Waals surface area contributed by atoms with Crippen molar-refractivity contribution in [3.05, 3.63) is 82.9 Å². The molecule has 1 unspecified atom stereocenters. The molecule has 8 nitrogen and oxygen atoms in total. The van der Waals surface area contributed by atoms with Crippen molar-refractivity contribution in [2.45, 2.75) is 39.0 Å². The van der Waals surface area contributed by atoms with Crippen LogP contribution < -0.4 is 15.4 Å². The molecule has 0 saturated carbocycles. The summed E-state index contributed by atoms with van der Waals surface area (Å²) in [6.07, 6.45) is 3.95. The lowest BCUT2D eigenvalue weighted by molar-refractivity contribution is -0.123. The van der Waals surface area contributed by atoms with E-state index in [-0.39, 0.29) is 5.91 Å². The number of ether oxygens (including phenoxy) is 1. The maximum Gasteiger partial charge on any atom is 0.255 e. The van der Waals surface area contributed by atoms with Crippen molar-refractivity contribution >= 4 is 23.4 Å². The number of carbonyl (C=O) groups is 2. The van der Waals surface area contributed by atoms with Crippen LogP contribution in [0.3, 0.4) is 0 Å². The highest BCUT2D eigenvalue weighted by Crippen LogP contribution is 2.31. The summed E-state index contributed by atoms with van der Waals surface area (Å²) in [6.45, 7) is 3.78. The zero-order valence-corrected chi connectivity index (χ0v) is 19.0. The summed E-state index contributed by atoms with van der Waals surface area (Å²) in [7, 11) is 0. The third-order valence-corrected chi connectivity index (χ3v) is 5.20. The van der Waals surface area contributed by atoms with Crippen molar-refractivity contribution in [1.82, 2.24) is 20.6 Å². The second-order valence-corrected chi connectivity index (χ2v) is 7.80. The lowest BCUT2D eigenvalue weighted by Gasteiger charge is -2.17. The highest BCUT2D eigenvalue weighted by Gasteiger charge is 2.19. The quantitative estimate of drug-likeness (QED) is 0.440. The number of carbonyl (C=O) groups excluding carboxylic acids is 2. The molecule has 0 aliphatic rings. The number of nitrogens with one attached hydrogen (secondary N) is 2. The Balaban J connectivity index is 1.54. The molecule has 3 N–H and O–H groups in total. The zero-order valence-electron chi connectivity index (χ0n) is 18.3. The molecule has 0 saturated heterocycles. The molecule has 0 fully saturated rings. The number of amides is 2. The second-order valence-electron chi connectivity index (χ2n) is 7.39. The van der Waals surface area contributed by atoms with Gasteiger partial charge in [-0.15, -0.1) is 0 Å². The Bertz CT molecular complexity index is 1090. The zero-order chi connectivity index (χ0) is 23.8. The molecular formula is C24H25ClN4O4. The Morgan fingerprint density at radius 2 is 1.82 bits per heavy atom. The second kappa shape index (κ2) is 11.4. The van der Waals surface area contributed by atoms with Gasteiger partial charge >= 0.3 is 0 Å². The lowest BCUT2D eigenvalue weighted by Crippen LogP contribution is -2.46. The van der Waals surface area contributed by atoms with E-state index >= 15 is 0 Å². The average molecular weight is 469 g/mol. The third-order valence-electron chi connectivity index (χ3n) is 4.91. The van der Waals surface area contributed by atoms with Gasteiger partial charge in [0.2, 0.25) is 5.91 Å². The normalized spacial score (nSPS) is 12.5. The Labute approximate surface area is 197 Å². The summed E-state index contributed by atoms with van der Waals surface area (Å²) in [5.74, 6) is 0.375. The summed E-state index contributed by atoms with van der Waals surface area (Å²) >= 11 is 6.24. The predicted molar refractivity (Wildman–Crippen MR) is 124 cm³/mol. The van der Waals surface area contributed by atoms with Crippen LogP contribution >= 0.6 is 11.6 Å². The molecule has 0 bridgehead atoms. The first-order valence-electron chi connectivity index (χ1n) is 10.4. The van der Waals surface area contributed by atoms with Gasteiger partial charge in [0.05, 0.1) is 16.7 Å². The van der Waals surface area contributed by atoms with Crippen LogP contribution in [0.1, 0.15) is 47.9 Å². The van der Waals surface area contributed by atoms with E-state index in [1.54, 1.807) is 37.3 Å². The van der Waals surface area contributed by atoms with E-state index in [0.717, 1.165) is 5.56 Å². The van der Waals surface area contributed by atoms with Gasteiger partial charge in [-0.3, -0.25) is 9.59 Å². The van der Waals surface area contributed by atoms with Crippen LogP contribution in [0.2, 0.25) is 5.02 Å². The first-order chi connectivity index (χ1) is 15.9. The highest BCUT2D eigenvalue weighted by molar-refractivity contribution is 6.32. The SMILES string of the molecule is CC[C@H](NC(=O)c1cncnc1)C(=O)NCc1ccc(Oc2ccc(C(C)O)cc2Cl)cc1. The smallest absolute Gasteiger partial charge is 0.255 e. The van der Waals surface area contributed by atoms with Crippen molar-refractivity contribution in [2.75, 3.05) is 0 Å². The van der Waals surface area contributed by atoms with E-state index in [0.29, 0.717) is 40.6 Å². The first kappa shape index (κ1) is 24.2. The van der Waals surface area contributed by atoms with Gasteiger partial charge in [-0.05, 0) is 48.7 Å². The maximum atomic E-state index is 12.5. The van der Waals surface area contributed by atoms with Crippen molar-refractivity contribution in [3.8, 4) is 11.5 Å². The molecule has 0 aliphatic carbocycles. The van der Waals surface area contributed by atoms with Gasteiger partial charge in [0.15, 0.2) is 0 Å². The number of rotatable bonds is 9. The summed E-state index contributed by atoms with van der Waals surface area (Å²) < 4.78 is 5.81. The molecule has 0 radical (unpaired) electrons. The number of nitrogens with zero attached hydrogens (tertiary/aromatic N) is 2. The highest BCUT2D eigenvalue weighted by atomic mass is 35.5. The summed E-state index contributed by atoms with van der Waals surface area (Å²) in [4.78, 5) is 32.4. The molecule has 3 rings (SSSR count). The number of hydrogen-bond acceptors (Lipinski definition) is 6. The van der Waals surface area contributed by atoms with Gasteiger partial charge in [0.1, 0.15) is 23.9 Å². The maximum absolute atomic E-state index is 12.5. The van der Waals surface area contributed by atoms with E-state index in [1.165, 1.54) is 18.7 Å². The number of benzene rings is 2. The van der Waals surface area contributed by atoms with Crippen molar-refractivity contribution < 1.29 is 19.4 Å². The van der Waals surface area contributed by atoms with Crippen LogP contribution in [-0.2, 0) is 11.3 Å². The molecule has 2 aromatic carbocycles. The molecule has 33 heavy (non-hydrogen) atoms. The Morgan fingerprint density at radius 3 is 2.42 bits per heavy atom. The van der Waals surface area contributed by atoms with E-state index in [2.05, 4.69) is 20.6 Å². The molecule has 172 valence electrons. The summed E-state index contributed by atoms with van der Waals surface area (Å²) in [5.41, 5.74) is 1.86. The molecule has 2 atom stereocenters. The molecule has 3 aromatic rings. The molecule has 0 aliphatic heterocycles. The number of hydrogen-bond donors (Lipinski definition) is 3. The Morgan fingerprint density at radius 1 is 1.12 bits per heavy atom. The van der Waals surface area contributed by atoms with Gasteiger partial charge in [-0.1, -0.05) is 36.7 Å². The van der Waals surface area contributed by atoms with Gasteiger partial charge in [-0.2, -0.15) is 0 Å². The Kier molecular flexibility index (Phi) is 8.34. The summed E-state index contributed by atoms with van der Waals surface area (Å²) in [5, 5.41) is 15.6. The summed E-state index contributed by atoms with van der Waals surface area (Å²) in [6, 6.07) is 11.7. The molecule has 0 spiro atoms. The van der Waals surface area contributed by atoms with Gasteiger partial charge in [0.25, 0.3) is 5.91 Å². The van der Waals surface area contributed by atoms with Crippen LogP contribution in [0, 0.1) is 0 Å². The van der Waals surface area contributed by atoms with Crippen molar-refractivity contribution in [2.24, 2.45) is 0 Å². The van der Waals surface area contributed by atoms with Crippen LogP contribution in [0.25, 0.3) is 0 Å². The van der Waals surface area contributed by atoms with Crippen LogP contribution in [0.4, 0.5) is 0 Å². The number of aliphatic hydroxyl groups is 1. The van der Waals surface area contributed by atoms with Crippen LogP contribution in [0.5, 0.6) is 11.5 Å². The molecular weight excluding hydrogens is 444 g/mol. The van der Waals surface area contributed by atoms with Gasteiger partial charge in [0, 0.05) is 18.9 Å². The first-order valence-corrected chi connectivity index (χ1v) is 10.8. The average Bonchev–Trinajstić information content (AvgIpc) is 2.83. The minimum Gasteiger partial charge on any atom is -0.456 e. The van der Waals surface area contributed by atoms with Gasteiger partial charge < -0.3 is 20.5 Å². The topological polar surface area (TPSA) is 113 Å². The number of aliphatic hydroxyl groups excluding tert-OH is 1. The van der Waals surface area contributed by atoms with E-state index < -0.39 is 18.1 Å². The fourth-order valence-electron chi connectivity index (χ4n) is 2.99. The molecule has 1 heterocycles. The van der Waals surface area contributed by atoms with E-state index in [4.69, 9.17) is 16.3 Å². The van der Waals surface area contributed by atoms with E-state index in [9.17, 15) is 14.7 Å². The standard InChI is InChI=1S/C24H25ClN4O4/c1-3-21(29-23(31)18-12-26-14-27-13-18)24(32)28-11-16-4-7-19(8-5-16)33-22-9-6-17(15(2)30)10-20(22)25/h4-10,12-15,21,30H,3,11H2,1-2H3,(H,28,32)(H,29,31)/t15?,21-/m0/s1. The molecule has 2 amide bonds. The fraction of sp³-hybridized carbons (Fsp3) is 0.250. The third kappa shape index (κ3) is 6.74. The largest absolute Gasteiger partial charge is 0.456 e.